The zero-order chi connectivity index (χ0) is 15.9. The fourth-order valence-electron chi connectivity index (χ4n) is 1.79. The van der Waals surface area contributed by atoms with Crippen LogP contribution in [0.25, 0.3) is 12.2 Å². The van der Waals surface area contributed by atoms with Crippen LogP contribution in [-0.2, 0) is 0 Å². The van der Waals surface area contributed by atoms with E-state index in [1.165, 1.54) is 12.1 Å². The molecule has 0 saturated heterocycles. The van der Waals surface area contributed by atoms with E-state index in [2.05, 4.69) is 9.47 Å². The number of hydrogen-bond acceptors (Lipinski definition) is 4. The Balaban J connectivity index is 2.29. The lowest BCUT2D eigenvalue weighted by Gasteiger charge is -2.05. The van der Waals surface area contributed by atoms with Crippen molar-refractivity contribution in [1.29, 1.82) is 0 Å². The molecule has 0 heterocycles. The molecule has 0 radical (unpaired) electrons. The summed E-state index contributed by atoms with van der Waals surface area (Å²) < 4.78 is 9.34. The minimum absolute atomic E-state index is 0.183. The van der Waals surface area contributed by atoms with Gasteiger partial charge in [0.2, 0.25) is 0 Å². The molecule has 0 spiro atoms. The van der Waals surface area contributed by atoms with Gasteiger partial charge in [0.05, 0.1) is 0 Å². The van der Waals surface area contributed by atoms with Gasteiger partial charge >= 0.3 is 12.3 Å². The molecule has 2 aromatic carbocycles. The number of carboxylic acid groups (broad SMARTS) is 2. The van der Waals surface area contributed by atoms with Gasteiger partial charge in [0.15, 0.2) is 0 Å². The van der Waals surface area contributed by atoms with Gasteiger partial charge in [0.25, 0.3) is 0 Å². The monoisotopic (exact) mass is 300 g/mol. The Kier molecular flexibility index (Phi) is 4.77. The van der Waals surface area contributed by atoms with Gasteiger partial charge in [-0.25, -0.2) is 9.59 Å². The van der Waals surface area contributed by atoms with Crippen molar-refractivity contribution in [2.24, 2.45) is 0 Å². The highest BCUT2D eigenvalue weighted by Gasteiger charge is 2.07. The molecule has 0 unspecified atom stereocenters. The van der Waals surface area contributed by atoms with Gasteiger partial charge in [-0.2, -0.15) is 0 Å². The lowest BCUT2D eigenvalue weighted by atomic mass is 10.1. The Morgan fingerprint density at radius 3 is 1.45 bits per heavy atom. The summed E-state index contributed by atoms with van der Waals surface area (Å²) in [7, 11) is 0. The molecule has 0 aliphatic carbocycles. The summed E-state index contributed by atoms with van der Waals surface area (Å²) in [6.07, 6.45) is 0.413. The predicted octanol–water partition coefficient (Wildman–Crippen LogP) is 3.97. The second kappa shape index (κ2) is 6.94. The van der Waals surface area contributed by atoms with Crippen molar-refractivity contribution in [2.45, 2.75) is 0 Å². The maximum atomic E-state index is 10.6. The van der Waals surface area contributed by atoms with E-state index in [0.29, 0.717) is 11.1 Å². The molecule has 22 heavy (non-hydrogen) atoms. The largest absolute Gasteiger partial charge is 0.511 e. The van der Waals surface area contributed by atoms with Crippen LogP contribution in [0.4, 0.5) is 9.59 Å². The fraction of sp³-hybridized carbons (Fsp3) is 0. The van der Waals surface area contributed by atoms with Crippen LogP contribution >= 0.6 is 0 Å². The summed E-state index contributed by atoms with van der Waals surface area (Å²) in [4.78, 5) is 21.3. The Morgan fingerprint density at radius 1 is 0.727 bits per heavy atom. The standard InChI is InChI=1S/C16H12O6/c17-15(18)21-13-7-3-1-5-11(13)9-10-12-6-2-4-8-14(12)22-16(19)20/h1-10H,(H,17,18)(H,19,20)/b10-9-. The van der Waals surface area contributed by atoms with Crippen LogP contribution in [0.3, 0.4) is 0 Å². The zero-order valence-corrected chi connectivity index (χ0v) is 11.3. The zero-order valence-electron chi connectivity index (χ0n) is 11.3. The molecule has 0 aromatic heterocycles. The lowest BCUT2D eigenvalue weighted by molar-refractivity contribution is 0.143. The molecular weight excluding hydrogens is 288 g/mol. The highest BCUT2D eigenvalue weighted by Crippen LogP contribution is 2.24. The van der Waals surface area contributed by atoms with Gasteiger partial charge in [0.1, 0.15) is 11.5 Å². The highest BCUT2D eigenvalue weighted by molar-refractivity contribution is 5.77. The molecule has 0 atom stereocenters. The van der Waals surface area contributed by atoms with E-state index in [9.17, 15) is 9.59 Å². The minimum atomic E-state index is -1.41. The molecule has 0 bridgehead atoms. The quantitative estimate of drug-likeness (QED) is 0.504. The van der Waals surface area contributed by atoms with E-state index in [0.717, 1.165) is 0 Å². The SMILES string of the molecule is O=C(O)Oc1ccccc1/C=C\c1ccccc1OC(=O)O. The first kappa shape index (κ1) is 15.1. The van der Waals surface area contributed by atoms with Crippen molar-refractivity contribution in [3.05, 3.63) is 59.7 Å². The molecule has 112 valence electrons. The summed E-state index contributed by atoms with van der Waals surface area (Å²) in [6, 6.07) is 13.2. The number of para-hydroxylation sites is 2. The van der Waals surface area contributed by atoms with Crippen molar-refractivity contribution in [2.75, 3.05) is 0 Å². The topological polar surface area (TPSA) is 93.1 Å². The highest BCUT2D eigenvalue weighted by atomic mass is 16.7. The lowest BCUT2D eigenvalue weighted by Crippen LogP contribution is -2.04. The van der Waals surface area contributed by atoms with Gasteiger partial charge in [-0.15, -0.1) is 0 Å². The van der Waals surface area contributed by atoms with Crippen LogP contribution in [0, 0.1) is 0 Å². The molecule has 0 amide bonds. The molecule has 2 N–H and O–H groups in total. The number of benzene rings is 2. The molecule has 0 aliphatic heterocycles. The summed E-state index contributed by atoms with van der Waals surface area (Å²) >= 11 is 0. The van der Waals surface area contributed by atoms with Crippen molar-refractivity contribution in [3.63, 3.8) is 0 Å². The van der Waals surface area contributed by atoms with E-state index in [-0.39, 0.29) is 11.5 Å². The molecule has 6 heteroatoms. The van der Waals surface area contributed by atoms with E-state index in [1.54, 1.807) is 48.6 Å². The first-order valence-electron chi connectivity index (χ1n) is 6.24. The Hall–Kier alpha value is -3.28. The van der Waals surface area contributed by atoms with Crippen LogP contribution in [0.15, 0.2) is 48.5 Å². The van der Waals surface area contributed by atoms with Crippen molar-refractivity contribution in [3.8, 4) is 11.5 Å². The maximum Gasteiger partial charge on any atom is 0.511 e. The van der Waals surface area contributed by atoms with Crippen LogP contribution in [0.5, 0.6) is 11.5 Å². The molecule has 2 aromatic rings. The van der Waals surface area contributed by atoms with Crippen LogP contribution in [0.1, 0.15) is 11.1 Å². The first-order valence-corrected chi connectivity index (χ1v) is 6.24. The van der Waals surface area contributed by atoms with Gasteiger partial charge in [-0.3, -0.25) is 0 Å². The third-order valence-corrected chi connectivity index (χ3v) is 2.68. The molecule has 0 saturated carbocycles. The van der Waals surface area contributed by atoms with Crippen LogP contribution in [0.2, 0.25) is 0 Å². The van der Waals surface area contributed by atoms with Crippen molar-refractivity contribution in [1.82, 2.24) is 0 Å². The Labute approximate surface area is 125 Å². The van der Waals surface area contributed by atoms with E-state index < -0.39 is 12.3 Å². The molecular formula is C16H12O6. The Bertz CT molecular complexity index is 659. The van der Waals surface area contributed by atoms with E-state index >= 15 is 0 Å². The fourth-order valence-corrected chi connectivity index (χ4v) is 1.79. The van der Waals surface area contributed by atoms with Crippen molar-refractivity contribution >= 4 is 24.5 Å². The van der Waals surface area contributed by atoms with Crippen LogP contribution in [-0.4, -0.2) is 22.5 Å². The summed E-state index contributed by atoms with van der Waals surface area (Å²) in [6.45, 7) is 0. The number of ether oxygens (including phenoxy) is 2. The molecule has 6 nitrogen and oxygen atoms in total. The minimum Gasteiger partial charge on any atom is -0.449 e. The summed E-state index contributed by atoms with van der Waals surface area (Å²) in [5, 5.41) is 17.4. The number of carbonyl (C=O) groups is 2. The van der Waals surface area contributed by atoms with E-state index in [4.69, 9.17) is 10.2 Å². The first-order chi connectivity index (χ1) is 10.6. The Morgan fingerprint density at radius 2 is 1.09 bits per heavy atom. The summed E-state index contributed by atoms with van der Waals surface area (Å²) in [5.41, 5.74) is 1.07. The number of rotatable bonds is 4. The number of hydrogen-bond donors (Lipinski definition) is 2. The molecule has 2 rings (SSSR count). The van der Waals surface area contributed by atoms with Crippen LogP contribution < -0.4 is 9.47 Å². The third-order valence-electron chi connectivity index (χ3n) is 2.68. The van der Waals surface area contributed by atoms with Gasteiger partial charge in [-0.1, -0.05) is 48.6 Å². The average molecular weight is 300 g/mol. The third kappa shape index (κ3) is 4.11. The second-order valence-corrected chi connectivity index (χ2v) is 4.14. The molecule has 0 fully saturated rings. The van der Waals surface area contributed by atoms with E-state index in [1.807, 2.05) is 0 Å². The average Bonchev–Trinajstić information content (AvgIpc) is 2.46. The molecule has 0 aliphatic rings. The smallest absolute Gasteiger partial charge is 0.449 e. The van der Waals surface area contributed by atoms with Gasteiger partial charge in [0, 0.05) is 11.1 Å². The predicted molar refractivity (Wildman–Crippen MR) is 79.1 cm³/mol. The normalized spacial score (nSPS) is 10.4. The second-order valence-electron chi connectivity index (χ2n) is 4.14. The summed E-state index contributed by atoms with van der Waals surface area (Å²) in [5.74, 6) is 0.366. The maximum absolute atomic E-state index is 10.6. The van der Waals surface area contributed by atoms with Gasteiger partial charge in [-0.05, 0) is 12.1 Å². The van der Waals surface area contributed by atoms with Gasteiger partial charge < -0.3 is 19.7 Å². The van der Waals surface area contributed by atoms with Crippen molar-refractivity contribution < 1.29 is 29.3 Å².